The fourth-order valence-corrected chi connectivity index (χ4v) is 5.56. The van der Waals surface area contributed by atoms with Crippen molar-refractivity contribution in [3.63, 3.8) is 0 Å². The molecule has 1 amide bonds. The van der Waals surface area contributed by atoms with Crippen molar-refractivity contribution in [2.24, 2.45) is 0 Å². The molecule has 5 rings (SSSR count). The molecule has 1 aliphatic rings. The van der Waals surface area contributed by atoms with Gasteiger partial charge >= 0.3 is 0 Å². The van der Waals surface area contributed by atoms with Crippen LogP contribution in [0.15, 0.2) is 85.1 Å². The third-order valence-corrected chi connectivity index (χ3v) is 7.33. The van der Waals surface area contributed by atoms with Gasteiger partial charge in [0.05, 0.1) is 17.8 Å². The number of carbonyl (C=O) groups excluding carboxylic acids is 1. The summed E-state index contributed by atoms with van der Waals surface area (Å²) in [5.74, 6) is -0.0422. The molecule has 2 atom stereocenters. The smallest absolute Gasteiger partial charge is 0.226 e. The lowest BCUT2D eigenvalue weighted by molar-refractivity contribution is -0.116. The van der Waals surface area contributed by atoms with Gasteiger partial charge in [-0.25, -0.2) is 0 Å². The van der Waals surface area contributed by atoms with E-state index in [2.05, 4.69) is 76.2 Å². The Morgan fingerprint density at radius 3 is 2.46 bits per heavy atom. The van der Waals surface area contributed by atoms with Crippen molar-refractivity contribution in [2.75, 3.05) is 11.9 Å². The Morgan fingerprint density at radius 1 is 1.00 bits per heavy atom. The second-order valence-electron chi connectivity index (χ2n) is 9.43. The van der Waals surface area contributed by atoms with E-state index in [1.165, 1.54) is 16.8 Å². The Kier molecular flexibility index (Phi) is 7.06. The summed E-state index contributed by atoms with van der Waals surface area (Å²) < 4.78 is 2.31. The second kappa shape index (κ2) is 10.6. The average molecular weight is 510 g/mol. The summed E-state index contributed by atoms with van der Waals surface area (Å²) in [5.41, 5.74) is 7.58. The fourth-order valence-electron chi connectivity index (χ4n) is 5.22. The lowest BCUT2D eigenvalue weighted by Gasteiger charge is -2.28. The van der Waals surface area contributed by atoms with Crippen LogP contribution in [-0.2, 0) is 4.79 Å². The summed E-state index contributed by atoms with van der Waals surface area (Å²) in [4.78, 5) is 19.6. The lowest BCUT2D eigenvalue weighted by Crippen LogP contribution is -2.32. The van der Waals surface area contributed by atoms with E-state index < -0.39 is 0 Å². The highest BCUT2D eigenvalue weighted by molar-refractivity contribution is 7.80. The van der Waals surface area contributed by atoms with Crippen LogP contribution < -0.4 is 10.6 Å². The summed E-state index contributed by atoms with van der Waals surface area (Å²) >= 11 is 5.82. The number of hydrogen-bond donors (Lipinski definition) is 2. The van der Waals surface area contributed by atoms with Gasteiger partial charge in [-0.15, -0.1) is 0 Å². The molecule has 0 bridgehead atoms. The van der Waals surface area contributed by atoms with Gasteiger partial charge in [0.25, 0.3) is 0 Å². The average Bonchev–Trinajstić information content (AvgIpc) is 3.38. The number of nitrogens with one attached hydrogen (secondary N) is 2. The van der Waals surface area contributed by atoms with E-state index in [0.717, 1.165) is 22.8 Å². The van der Waals surface area contributed by atoms with Crippen LogP contribution >= 0.6 is 12.2 Å². The Balaban J connectivity index is 1.49. The molecule has 0 radical (unpaired) electrons. The molecule has 1 fully saturated rings. The number of nitrogens with zero attached hydrogens (tertiary/aromatic N) is 3. The van der Waals surface area contributed by atoms with Crippen LogP contribution in [-0.4, -0.2) is 32.0 Å². The molecule has 0 saturated carbocycles. The molecule has 0 spiro atoms. The van der Waals surface area contributed by atoms with Gasteiger partial charge in [-0.3, -0.25) is 9.78 Å². The Morgan fingerprint density at radius 2 is 1.73 bits per heavy atom. The fraction of sp³-hybridized carbons (Fsp3) is 0.233. The molecular formula is C30H31N5OS. The minimum atomic E-state index is -0.128. The predicted octanol–water partition coefficient (Wildman–Crippen LogP) is 5.80. The molecule has 1 aliphatic heterocycles. The molecule has 188 valence electrons. The van der Waals surface area contributed by atoms with Crippen LogP contribution in [0.5, 0.6) is 0 Å². The van der Waals surface area contributed by atoms with Gasteiger partial charge in [0.2, 0.25) is 5.91 Å². The normalized spacial score (nSPS) is 17.1. The van der Waals surface area contributed by atoms with Crippen molar-refractivity contribution in [3.05, 3.63) is 113 Å². The van der Waals surface area contributed by atoms with Gasteiger partial charge in [0.1, 0.15) is 0 Å². The molecule has 0 aliphatic carbocycles. The minimum absolute atomic E-state index is 0.0422. The summed E-state index contributed by atoms with van der Waals surface area (Å²) in [6.45, 7) is 6.92. The van der Waals surface area contributed by atoms with E-state index in [1.54, 1.807) is 0 Å². The molecule has 4 aromatic rings. The van der Waals surface area contributed by atoms with Crippen molar-refractivity contribution < 1.29 is 4.79 Å². The Hall–Kier alpha value is -3.97. The number of thiocarbonyl (C=S) groups is 1. The maximum atomic E-state index is 12.8. The van der Waals surface area contributed by atoms with Crippen molar-refractivity contribution in [2.45, 2.75) is 39.3 Å². The van der Waals surface area contributed by atoms with Crippen LogP contribution in [0.2, 0.25) is 0 Å². The van der Waals surface area contributed by atoms with Crippen LogP contribution in [0.25, 0.3) is 5.69 Å². The summed E-state index contributed by atoms with van der Waals surface area (Å²) in [6.07, 6.45) is 2.13. The third-order valence-electron chi connectivity index (χ3n) is 6.98. The lowest BCUT2D eigenvalue weighted by atomic mass is 9.96. The summed E-state index contributed by atoms with van der Waals surface area (Å²) in [7, 11) is 0. The first kappa shape index (κ1) is 24.7. The first-order valence-corrected chi connectivity index (χ1v) is 12.9. The van der Waals surface area contributed by atoms with E-state index in [0.29, 0.717) is 18.1 Å². The minimum Gasteiger partial charge on any atom is -0.352 e. The number of anilines is 1. The highest BCUT2D eigenvalue weighted by atomic mass is 32.1. The first-order chi connectivity index (χ1) is 17.9. The van der Waals surface area contributed by atoms with E-state index in [9.17, 15) is 4.79 Å². The van der Waals surface area contributed by atoms with E-state index in [4.69, 9.17) is 12.2 Å². The molecule has 2 aromatic heterocycles. The molecule has 7 heteroatoms. The SMILES string of the molecule is Cc1ccccc1-n1c(C)cc([C@H]2[C@@H](c3ccccn3)NC(=S)N2CCC(=O)Nc2ccccc2)c1C. The van der Waals surface area contributed by atoms with Gasteiger partial charge in [0.15, 0.2) is 5.11 Å². The van der Waals surface area contributed by atoms with Crippen molar-refractivity contribution in [1.29, 1.82) is 0 Å². The van der Waals surface area contributed by atoms with Gasteiger partial charge in [-0.1, -0.05) is 42.5 Å². The van der Waals surface area contributed by atoms with E-state index >= 15 is 0 Å². The highest BCUT2D eigenvalue weighted by Gasteiger charge is 2.41. The van der Waals surface area contributed by atoms with Crippen molar-refractivity contribution in [3.8, 4) is 5.69 Å². The highest BCUT2D eigenvalue weighted by Crippen LogP contribution is 2.41. The van der Waals surface area contributed by atoms with Gasteiger partial charge in [-0.05, 0) is 80.5 Å². The van der Waals surface area contributed by atoms with Crippen LogP contribution in [0, 0.1) is 20.8 Å². The zero-order valence-electron chi connectivity index (χ0n) is 21.3. The largest absolute Gasteiger partial charge is 0.352 e. The number of benzene rings is 2. The molecular weight excluding hydrogens is 478 g/mol. The zero-order chi connectivity index (χ0) is 25.9. The molecule has 0 unspecified atom stereocenters. The molecule has 3 heterocycles. The zero-order valence-corrected chi connectivity index (χ0v) is 22.1. The third kappa shape index (κ3) is 5.00. The Labute approximate surface area is 223 Å². The monoisotopic (exact) mass is 509 g/mol. The van der Waals surface area contributed by atoms with Crippen LogP contribution in [0.4, 0.5) is 5.69 Å². The molecule has 1 saturated heterocycles. The predicted molar refractivity (Wildman–Crippen MR) is 152 cm³/mol. The molecule has 2 N–H and O–H groups in total. The Bertz CT molecular complexity index is 1420. The van der Waals surface area contributed by atoms with E-state index in [1.807, 2.05) is 54.7 Å². The number of carbonyl (C=O) groups is 1. The summed E-state index contributed by atoms with van der Waals surface area (Å²) in [5, 5.41) is 7.12. The topological polar surface area (TPSA) is 62.2 Å². The maximum absolute atomic E-state index is 12.8. The second-order valence-corrected chi connectivity index (χ2v) is 9.82. The number of para-hydroxylation sites is 2. The first-order valence-electron chi connectivity index (χ1n) is 12.5. The molecule has 37 heavy (non-hydrogen) atoms. The number of pyridine rings is 1. The number of hydrogen-bond acceptors (Lipinski definition) is 3. The number of amides is 1. The van der Waals surface area contributed by atoms with Crippen LogP contribution in [0.1, 0.15) is 46.7 Å². The van der Waals surface area contributed by atoms with Crippen molar-refractivity contribution >= 4 is 28.9 Å². The standard InChI is InChI=1S/C30H31N5OS/c1-20-11-7-8-15-26(20)35-21(2)19-24(22(35)3)29-28(25-14-9-10-17-31-25)33-30(37)34(29)18-16-27(36)32-23-12-5-4-6-13-23/h4-15,17,19,28-29H,16,18H2,1-3H3,(H,32,36)(H,33,37)/t28-,29+/m1/s1. The molecule has 2 aromatic carbocycles. The van der Waals surface area contributed by atoms with Gasteiger partial charge in [0, 0.05) is 41.9 Å². The maximum Gasteiger partial charge on any atom is 0.226 e. The number of aromatic nitrogens is 2. The van der Waals surface area contributed by atoms with Gasteiger partial charge in [-0.2, -0.15) is 0 Å². The van der Waals surface area contributed by atoms with Crippen molar-refractivity contribution in [1.82, 2.24) is 19.8 Å². The number of aryl methyl sites for hydroxylation is 2. The summed E-state index contributed by atoms with van der Waals surface area (Å²) in [6, 6.07) is 25.9. The van der Waals surface area contributed by atoms with Crippen LogP contribution in [0.3, 0.4) is 0 Å². The number of rotatable bonds is 7. The van der Waals surface area contributed by atoms with E-state index in [-0.39, 0.29) is 18.0 Å². The molecule has 6 nitrogen and oxygen atoms in total. The van der Waals surface area contributed by atoms with Gasteiger partial charge < -0.3 is 20.1 Å². The quantitative estimate of drug-likeness (QED) is 0.309.